The molecule has 98 valence electrons. The van der Waals surface area contributed by atoms with Crippen LogP contribution in [0.4, 0.5) is 13.2 Å². The molecule has 0 saturated carbocycles. The van der Waals surface area contributed by atoms with Crippen molar-refractivity contribution in [3.05, 3.63) is 34.3 Å². The summed E-state index contributed by atoms with van der Waals surface area (Å²) in [4.78, 5) is 1.49. The minimum atomic E-state index is -4.47. The number of nitriles is 1. The second-order valence-electron chi connectivity index (χ2n) is 4.05. The van der Waals surface area contributed by atoms with E-state index < -0.39 is 12.1 Å². The van der Waals surface area contributed by atoms with Crippen molar-refractivity contribution in [1.82, 2.24) is 4.90 Å². The molecule has 0 aliphatic carbocycles. The molecule has 0 amide bonds. The monoisotopic (exact) mass is 320 g/mol. The summed E-state index contributed by atoms with van der Waals surface area (Å²) in [5.41, 5.74) is 0.894. The predicted molar refractivity (Wildman–Crippen MR) is 65.6 cm³/mol. The van der Waals surface area contributed by atoms with E-state index in [0.717, 1.165) is 10.0 Å². The third-order valence-electron chi connectivity index (χ3n) is 2.39. The van der Waals surface area contributed by atoms with Crippen LogP contribution in [0.2, 0.25) is 0 Å². The predicted octanol–water partition coefficient (Wildman–Crippen LogP) is 3.58. The molecule has 1 aromatic carbocycles. The van der Waals surface area contributed by atoms with Crippen LogP contribution in [0.15, 0.2) is 28.7 Å². The van der Waals surface area contributed by atoms with Gasteiger partial charge in [0.25, 0.3) is 0 Å². The zero-order valence-corrected chi connectivity index (χ0v) is 11.3. The lowest BCUT2D eigenvalue weighted by molar-refractivity contribution is -0.162. The van der Waals surface area contributed by atoms with Gasteiger partial charge in [0.05, 0.1) is 6.07 Å². The molecule has 0 saturated heterocycles. The molecule has 0 bridgehead atoms. The van der Waals surface area contributed by atoms with E-state index in [1.165, 1.54) is 11.0 Å². The van der Waals surface area contributed by atoms with E-state index in [1.807, 2.05) is 24.3 Å². The molecule has 1 unspecified atom stereocenters. The van der Waals surface area contributed by atoms with E-state index in [-0.39, 0.29) is 6.54 Å². The Morgan fingerprint density at radius 3 is 2.61 bits per heavy atom. The van der Waals surface area contributed by atoms with Crippen molar-refractivity contribution in [2.45, 2.75) is 12.7 Å². The molecule has 0 N–H and O–H groups in total. The van der Waals surface area contributed by atoms with Gasteiger partial charge in [-0.25, -0.2) is 0 Å². The van der Waals surface area contributed by atoms with E-state index >= 15 is 0 Å². The average molecular weight is 321 g/mol. The topological polar surface area (TPSA) is 27.0 Å². The summed E-state index contributed by atoms with van der Waals surface area (Å²) < 4.78 is 38.2. The molecular weight excluding hydrogens is 309 g/mol. The molecule has 2 nitrogen and oxygen atoms in total. The van der Waals surface area contributed by atoms with E-state index in [1.54, 1.807) is 7.05 Å². The van der Waals surface area contributed by atoms with Gasteiger partial charge in [0.1, 0.15) is 0 Å². The standard InChI is InChI=1S/C12H12BrF3N2/c1-18(8-10(6-17)12(14,15)16)7-9-3-2-4-11(13)5-9/h2-5,10H,7-8H2,1H3. The maximum Gasteiger partial charge on any atom is 0.405 e. The van der Waals surface area contributed by atoms with Crippen molar-refractivity contribution < 1.29 is 13.2 Å². The number of halogens is 4. The molecule has 6 heteroatoms. The number of nitrogens with zero attached hydrogens (tertiary/aromatic N) is 2. The third kappa shape index (κ3) is 4.67. The normalized spacial score (nSPS) is 13.4. The van der Waals surface area contributed by atoms with Crippen LogP contribution in [0.25, 0.3) is 0 Å². The van der Waals surface area contributed by atoms with Gasteiger partial charge in [-0.3, -0.25) is 0 Å². The zero-order valence-electron chi connectivity index (χ0n) is 9.71. The number of hydrogen-bond donors (Lipinski definition) is 0. The minimum absolute atomic E-state index is 0.327. The maximum absolute atomic E-state index is 12.4. The van der Waals surface area contributed by atoms with Crippen molar-refractivity contribution in [2.75, 3.05) is 13.6 Å². The molecule has 0 spiro atoms. The number of alkyl halides is 3. The third-order valence-corrected chi connectivity index (χ3v) is 2.88. The van der Waals surface area contributed by atoms with Gasteiger partial charge in [0.2, 0.25) is 0 Å². The highest BCUT2D eigenvalue weighted by Crippen LogP contribution is 2.26. The first-order chi connectivity index (χ1) is 8.32. The van der Waals surface area contributed by atoms with E-state index in [9.17, 15) is 13.2 Å². The fourth-order valence-corrected chi connectivity index (χ4v) is 1.99. The second-order valence-corrected chi connectivity index (χ2v) is 4.97. The van der Waals surface area contributed by atoms with Crippen molar-refractivity contribution in [2.24, 2.45) is 5.92 Å². The van der Waals surface area contributed by atoms with E-state index in [4.69, 9.17) is 5.26 Å². The molecule has 18 heavy (non-hydrogen) atoms. The smallest absolute Gasteiger partial charge is 0.300 e. The molecule has 0 radical (unpaired) electrons. The van der Waals surface area contributed by atoms with Crippen LogP contribution in [0.3, 0.4) is 0 Å². The number of rotatable bonds is 4. The summed E-state index contributed by atoms with van der Waals surface area (Å²) in [5, 5.41) is 8.52. The highest BCUT2D eigenvalue weighted by atomic mass is 79.9. The first kappa shape index (κ1) is 15.0. The number of benzene rings is 1. The Balaban J connectivity index is 2.62. The van der Waals surface area contributed by atoms with Gasteiger partial charge in [-0.1, -0.05) is 28.1 Å². The Kier molecular flexibility index (Phi) is 5.17. The summed E-state index contributed by atoms with van der Waals surface area (Å²) in [7, 11) is 1.57. The molecule has 0 aliphatic heterocycles. The average Bonchev–Trinajstić information content (AvgIpc) is 2.24. The SMILES string of the molecule is CN(Cc1cccc(Br)c1)CC(C#N)C(F)(F)F. The van der Waals surface area contributed by atoms with E-state index in [0.29, 0.717) is 6.54 Å². The van der Waals surface area contributed by atoms with Gasteiger partial charge in [0, 0.05) is 17.6 Å². The van der Waals surface area contributed by atoms with Crippen LogP contribution >= 0.6 is 15.9 Å². The first-order valence-electron chi connectivity index (χ1n) is 5.22. The molecule has 1 aromatic rings. The molecule has 0 fully saturated rings. The largest absolute Gasteiger partial charge is 0.405 e. The summed E-state index contributed by atoms with van der Waals surface area (Å²) in [6, 6.07) is 8.63. The molecular formula is C12H12BrF3N2. The Morgan fingerprint density at radius 2 is 2.11 bits per heavy atom. The van der Waals surface area contributed by atoms with Crippen LogP contribution in [0, 0.1) is 17.2 Å². The highest BCUT2D eigenvalue weighted by molar-refractivity contribution is 9.10. The quantitative estimate of drug-likeness (QED) is 0.847. The zero-order chi connectivity index (χ0) is 13.8. The molecule has 0 heterocycles. The second kappa shape index (κ2) is 6.21. The fraction of sp³-hybridized carbons (Fsp3) is 0.417. The number of hydrogen-bond acceptors (Lipinski definition) is 2. The van der Waals surface area contributed by atoms with Gasteiger partial charge in [-0.2, -0.15) is 18.4 Å². The minimum Gasteiger partial charge on any atom is -0.300 e. The van der Waals surface area contributed by atoms with Gasteiger partial charge >= 0.3 is 6.18 Å². The lowest BCUT2D eigenvalue weighted by Gasteiger charge is -2.21. The molecule has 0 aromatic heterocycles. The van der Waals surface area contributed by atoms with Crippen LogP contribution in [-0.2, 0) is 6.54 Å². The summed E-state index contributed by atoms with van der Waals surface area (Å²) in [5.74, 6) is -1.95. The van der Waals surface area contributed by atoms with Crippen LogP contribution < -0.4 is 0 Å². The van der Waals surface area contributed by atoms with E-state index in [2.05, 4.69) is 15.9 Å². The van der Waals surface area contributed by atoms with Crippen molar-refractivity contribution in [3.8, 4) is 6.07 Å². The fourth-order valence-electron chi connectivity index (χ4n) is 1.54. The van der Waals surface area contributed by atoms with Crippen LogP contribution in [-0.4, -0.2) is 24.7 Å². The molecule has 1 atom stereocenters. The van der Waals surface area contributed by atoms with Gasteiger partial charge < -0.3 is 4.90 Å². The Morgan fingerprint density at radius 1 is 1.44 bits per heavy atom. The molecule has 1 rings (SSSR count). The Bertz CT molecular complexity index is 440. The molecule has 0 aliphatic rings. The van der Waals surface area contributed by atoms with Gasteiger partial charge in [-0.05, 0) is 24.7 Å². The lowest BCUT2D eigenvalue weighted by atomic mass is 10.1. The Labute approximate surface area is 112 Å². The summed E-state index contributed by atoms with van der Waals surface area (Å²) >= 11 is 3.30. The highest BCUT2D eigenvalue weighted by Gasteiger charge is 2.40. The van der Waals surface area contributed by atoms with Gasteiger partial charge in [-0.15, -0.1) is 0 Å². The maximum atomic E-state index is 12.4. The van der Waals surface area contributed by atoms with Crippen molar-refractivity contribution in [1.29, 1.82) is 5.26 Å². The van der Waals surface area contributed by atoms with Gasteiger partial charge in [0.15, 0.2) is 5.92 Å². The van der Waals surface area contributed by atoms with Crippen molar-refractivity contribution in [3.63, 3.8) is 0 Å². The first-order valence-corrected chi connectivity index (χ1v) is 6.01. The summed E-state index contributed by atoms with van der Waals surface area (Å²) in [6.07, 6.45) is -4.47. The summed E-state index contributed by atoms with van der Waals surface area (Å²) in [6.45, 7) is 0.0419. The van der Waals surface area contributed by atoms with Crippen molar-refractivity contribution >= 4 is 15.9 Å². The Hall–Kier alpha value is -1.06. The van der Waals surface area contributed by atoms with Crippen LogP contribution in [0.1, 0.15) is 5.56 Å². The lowest BCUT2D eigenvalue weighted by Crippen LogP contribution is -2.33. The van der Waals surface area contributed by atoms with Crippen LogP contribution in [0.5, 0.6) is 0 Å².